The predicted octanol–water partition coefficient (Wildman–Crippen LogP) is 2.11. The fourth-order valence-corrected chi connectivity index (χ4v) is 1.94. The van der Waals surface area contributed by atoms with Crippen molar-refractivity contribution in [2.45, 2.75) is 26.8 Å². The van der Waals surface area contributed by atoms with Gasteiger partial charge in [0, 0.05) is 31.2 Å². The Hall–Kier alpha value is -2.37. The summed E-state index contributed by atoms with van der Waals surface area (Å²) < 4.78 is 1.84. The minimum Gasteiger partial charge on any atom is -0.338 e. The molecule has 0 spiro atoms. The van der Waals surface area contributed by atoms with Crippen LogP contribution in [0.15, 0.2) is 30.6 Å². The second-order valence-electron chi connectivity index (χ2n) is 4.67. The van der Waals surface area contributed by atoms with Gasteiger partial charge < -0.3 is 5.32 Å². The summed E-state index contributed by atoms with van der Waals surface area (Å²) in [6.07, 6.45) is 4.47. The van der Waals surface area contributed by atoms with Crippen molar-refractivity contribution in [1.29, 1.82) is 0 Å². The van der Waals surface area contributed by atoms with E-state index < -0.39 is 0 Å². The molecule has 0 fully saturated rings. The van der Waals surface area contributed by atoms with Crippen molar-refractivity contribution in [3.8, 4) is 0 Å². The highest BCUT2D eigenvalue weighted by atomic mass is 16.2. The smallest absolute Gasteiger partial charge is 0.320 e. The topological polar surface area (TPSA) is 71.8 Å². The second-order valence-corrected chi connectivity index (χ2v) is 4.67. The fourth-order valence-electron chi connectivity index (χ4n) is 1.94. The third-order valence-electron chi connectivity index (χ3n) is 2.75. The van der Waals surface area contributed by atoms with Gasteiger partial charge in [-0.25, -0.2) is 9.78 Å². The van der Waals surface area contributed by atoms with Crippen molar-refractivity contribution in [3.05, 3.63) is 41.9 Å². The highest BCUT2D eigenvalue weighted by Crippen LogP contribution is 2.08. The third kappa shape index (κ3) is 4.38. The zero-order valence-corrected chi connectivity index (χ0v) is 11.8. The molecule has 0 unspecified atom stereocenters. The number of anilines is 1. The molecule has 0 saturated carbocycles. The van der Waals surface area contributed by atoms with E-state index in [0.29, 0.717) is 12.4 Å². The van der Waals surface area contributed by atoms with Crippen LogP contribution in [0.2, 0.25) is 0 Å². The van der Waals surface area contributed by atoms with Crippen LogP contribution in [-0.2, 0) is 6.54 Å². The molecule has 0 saturated heterocycles. The van der Waals surface area contributed by atoms with Crippen LogP contribution in [0.4, 0.5) is 10.6 Å². The SMILES string of the molecule is Cc1cc(C)nc(NC(=O)NCCCn2cccn2)c1. The van der Waals surface area contributed by atoms with Crippen LogP contribution < -0.4 is 10.6 Å². The summed E-state index contributed by atoms with van der Waals surface area (Å²) in [5.41, 5.74) is 1.96. The van der Waals surface area contributed by atoms with Crippen LogP contribution in [0.3, 0.4) is 0 Å². The predicted molar refractivity (Wildman–Crippen MR) is 77.6 cm³/mol. The van der Waals surface area contributed by atoms with E-state index in [1.165, 1.54) is 0 Å². The van der Waals surface area contributed by atoms with Gasteiger partial charge in [0.05, 0.1) is 0 Å². The van der Waals surface area contributed by atoms with Gasteiger partial charge in [-0.1, -0.05) is 0 Å². The highest BCUT2D eigenvalue weighted by Gasteiger charge is 2.03. The van der Waals surface area contributed by atoms with Crippen LogP contribution in [0.1, 0.15) is 17.7 Å². The number of carbonyl (C=O) groups is 1. The Morgan fingerprint density at radius 3 is 2.90 bits per heavy atom. The maximum atomic E-state index is 11.7. The molecule has 2 aromatic heterocycles. The lowest BCUT2D eigenvalue weighted by Gasteiger charge is -2.08. The first kappa shape index (κ1) is 14.0. The zero-order chi connectivity index (χ0) is 14.4. The van der Waals surface area contributed by atoms with Crippen LogP contribution in [0.5, 0.6) is 0 Å². The van der Waals surface area contributed by atoms with Gasteiger partial charge in [0.15, 0.2) is 0 Å². The average molecular weight is 273 g/mol. The first-order valence-electron chi connectivity index (χ1n) is 6.61. The number of carbonyl (C=O) groups excluding carboxylic acids is 1. The van der Waals surface area contributed by atoms with E-state index in [0.717, 1.165) is 24.2 Å². The Balaban J connectivity index is 1.72. The maximum Gasteiger partial charge on any atom is 0.320 e. The number of nitrogens with zero attached hydrogens (tertiary/aromatic N) is 3. The summed E-state index contributed by atoms with van der Waals surface area (Å²) in [6.45, 7) is 5.26. The van der Waals surface area contributed by atoms with Crippen molar-refractivity contribution in [1.82, 2.24) is 20.1 Å². The number of rotatable bonds is 5. The van der Waals surface area contributed by atoms with Crippen molar-refractivity contribution in [2.24, 2.45) is 0 Å². The van der Waals surface area contributed by atoms with Crippen molar-refractivity contribution in [2.75, 3.05) is 11.9 Å². The first-order chi connectivity index (χ1) is 9.63. The molecule has 0 aliphatic rings. The summed E-state index contributed by atoms with van der Waals surface area (Å²) in [5, 5.41) is 9.63. The lowest BCUT2D eigenvalue weighted by Crippen LogP contribution is -2.30. The molecule has 2 N–H and O–H groups in total. The first-order valence-corrected chi connectivity index (χ1v) is 6.61. The summed E-state index contributed by atoms with van der Waals surface area (Å²) in [5.74, 6) is 0.576. The van der Waals surface area contributed by atoms with Crippen LogP contribution in [0.25, 0.3) is 0 Å². The van der Waals surface area contributed by atoms with Crippen molar-refractivity contribution in [3.63, 3.8) is 0 Å². The van der Waals surface area contributed by atoms with E-state index >= 15 is 0 Å². The van der Waals surface area contributed by atoms with Gasteiger partial charge in [0.1, 0.15) is 5.82 Å². The van der Waals surface area contributed by atoms with Gasteiger partial charge in [-0.2, -0.15) is 5.10 Å². The summed E-state index contributed by atoms with van der Waals surface area (Å²) >= 11 is 0. The lowest BCUT2D eigenvalue weighted by molar-refractivity contribution is 0.251. The largest absolute Gasteiger partial charge is 0.338 e. The molecule has 6 nitrogen and oxygen atoms in total. The summed E-state index contributed by atoms with van der Waals surface area (Å²) in [4.78, 5) is 16.0. The molecular formula is C14H19N5O. The van der Waals surface area contributed by atoms with Crippen LogP contribution >= 0.6 is 0 Å². The van der Waals surface area contributed by atoms with E-state index in [2.05, 4.69) is 20.7 Å². The summed E-state index contributed by atoms with van der Waals surface area (Å²) in [7, 11) is 0. The monoisotopic (exact) mass is 273 g/mol. The molecule has 0 aliphatic heterocycles. The van der Waals surface area contributed by atoms with Crippen molar-refractivity contribution < 1.29 is 4.79 Å². The quantitative estimate of drug-likeness (QED) is 0.819. The molecule has 6 heteroatoms. The van der Waals surface area contributed by atoms with Gasteiger partial charge in [0.2, 0.25) is 0 Å². The normalized spacial score (nSPS) is 10.3. The van der Waals surface area contributed by atoms with E-state index in [9.17, 15) is 4.79 Å². The molecule has 2 aromatic rings. The zero-order valence-electron chi connectivity index (χ0n) is 11.8. The van der Waals surface area contributed by atoms with Gasteiger partial charge >= 0.3 is 6.03 Å². The fraction of sp³-hybridized carbons (Fsp3) is 0.357. The molecule has 2 amide bonds. The Labute approximate surface area is 118 Å². The van der Waals surface area contributed by atoms with E-state index in [4.69, 9.17) is 0 Å². The number of pyridine rings is 1. The molecule has 0 atom stereocenters. The molecule has 2 rings (SSSR count). The Morgan fingerprint density at radius 2 is 2.20 bits per heavy atom. The molecular weight excluding hydrogens is 254 g/mol. The number of aryl methyl sites for hydroxylation is 3. The van der Waals surface area contributed by atoms with Crippen molar-refractivity contribution >= 4 is 11.8 Å². The van der Waals surface area contributed by atoms with Crippen LogP contribution in [-0.4, -0.2) is 27.3 Å². The highest BCUT2D eigenvalue weighted by molar-refractivity contribution is 5.88. The van der Waals surface area contributed by atoms with Gasteiger partial charge in [-0.15, -0.1) is 0 Å². The molecule has 0 radical (unpaired) electrons. The van der Waals surface area contributed by atoms with E-state index in [1.54, 1.807) is 6.20 Å². The average Bonchev–Trinajstić information content (AvgIpc) is 2.86. The Morgan fingerprint density at radius 1 is 1.35 bits per heavy atom. The van der Waals surface area contributed by atoms with Gasteiger partial charge in [-0.3, -0.25) is 10.00 Å². The Kier molecular flexibility index (Phi) is 4.70. The summed E-state index contributed by atoms with van der Waals surface area (Å²) in [6, 6.07) is 5.46. The van der Waals surface area contributed by atoms with Gasteiger partial charge in [0.25, 0.3) is 0 Å². The van der Waals surface area contributed by atoms with E-state index in [1.807, 2.05) is 42.9 Å². The number of amides is 2. The number of hydrogen-bond donors (Lipinski definition) is 2. The number of nitrogens with one attached hydrogen (secondary N) is 2. The Bertz CT molecular complexity index is 545. The molecule has 0 aromatic carbocycles. The minimum absolute atomic E-state index is 0.233. The maximum absolute atomic E-state index is 11.7. The lowest BCUT2D eigenvalue weighted by atomic mass is 10.2. The molecule has 0 bridgehead atoms. The molecule has 106 valence electrons. The number of hydrogen-bond acceptors (Lipinski definition) is 3. The standard InChI is InChI=1S/C14H19N5O/c1-11-9-12(2)17-13(10-11)18-14(20)15-5-3-7-19-8-4-6-16-19/h4,6,8-10H,3,5,7H2,1-2H3,(H2,15,17,18,20). The molecule has 0 aliphatic carbocycles. The molecule has 20 heavy (non-hydrogen) atoms. The number of aromatic nitrogens is 3. The molecule has 2 heterocycles. The van der Waals surface area contributed by atoms with Crippen LogP contribution in [0, 0.1) is 13.8 Å². The third-order valence-corrected chi connectivity index (χ3v) is 2.75. The minimum atomic E-state index is -0.233. The van der Waals surface area contributed by atoms with Gasteiger partial charge in [-0.05, 0) is 44.0 Å². The van der Waals surface area contributed by atoms with E-state index in [-0.39, 0.29) is 6.03 Å². The second kappa shape index (κ2) is 6.70. The number of urea groups is 1.